The first-order chi connectivity index (χ1) is 10.5. The summed E-state index contributed by atoms with van der Waals surface area (Å²) >= 11 is 0. The van der Waals surface area contributed by atoms with Crippen LogP contribution < -0.4 is 10.6 Å². The van der Waals surface area contributed by atoms with Gasteiger partial charge in [-0.25, -0.2) is 0 Å². The Morgan fingerprint density at radius 1 is 1.14 bits per heavy atom. The molecule has 2 aromatic rings. The minimum Gasteiger partial charge on any atom is -0.376 e. The Bertz CT molecular complexity index is 618. The van der Waals surface area contributed by atoms with E-state index in [1.807, 2.05) is 30.3 Å². The fourth-order valence-corrected chi connectivity index (χ4v) is 2.23. The Balaban J connectivity index is 1.89. The maximum Gasteiger partial charge on any atom is 0.239 e. The lowest BCUT2D eigenvalue weighted by molar-refractivity contribution is -0.119. The van der Waals surface area contributed by atoms with Gasteiger partial charge < -0.3 is 10.6 Å². The van der Waals surface area contributed by atoms with E-state index >= 15 is 0 Å². The maximum absolute atomic E-state index is 12.0. The van der Waals surface area contributed by atoms with Crippen molar-refractivity contribution in [1.29, 1.82) is 0 Å². The highest BCUT2D eigenvalue weighted by molar-refractivity contribution is 5.81. The number of hydrogen-bond acceptors (Lipinski definition) is 3. The molecule has 0 aliphatic rings. The quantitative estimate of drug-likeness (QED) is 0.891. The van der Waals surface area contributed by atoms with Gasteiger partial charge >= 0.3 is 0 Å². The van der Waals surface area contributed by atoms with Gasteiger partial charge in [-0.3, -0.25) is 9.78 Å². The van der Waals surface area contributed by atoms with Crippen LogP contribution in [0.3, 0.4) is 0 Å². The molecule has 0 spiro atoms. The minimum atomic E-state index is -0.0347. The number of amides is 1. The van der Waals surface area contributed by atoms with Crippen molar-refractivity contribution < 1.29 is 4.79 Å². The van der Waals surface area contributed by atoms with Gasteiger partial charge in [0.25, 0.3) is 0 Å². The molecule has 0 aliphatic carbocycles. The number of anilines is 1. The summed E-state index contributed by atoms with van der Waals surface area (Å²) in [6.07, 6.45) is 3.47. The molecule has 0 saturated carbocycles. The highest BCUT2D eigenvalue weighted by Crippen LogP contribution is 2.28. The molecule has 2 rings (SSSR count). The molecule has 116 valence electrons. The summed E-state index contributed by atoms with van der Waals surface area (Å²) in [6, 6.07) is 11.9. The number of nitrogens with one attached hydrogen (secondary N) is 2. The standard InChI is InChI=1S/C18H23N3O/c1-18(2,3)15-8-4-5-9-16(15)20-13-17(22)21-12-14-7-6-10-19-11-14/h4-11,20H,12-13H2,1-3H3,(H,21,22). The largest absolute Gasteiger partial charge is 0.376 e. The molecular weight excluding hydrogens is 274 g/mol. The van der Waals surface area contributed by atoms with Crippen molar-refractivity contribution in [3.05, 3.63) is 59.9 Å². The second kappa shape index (κ2) is 7.07. The highest BCUT2D eigenvalue weighted by atomic mass is 16.1. The van der Waals surface area contributed by atoms with Gasteiger partial charge in [0.05, 0.1) is 6.54 Å². The maximum atomic E-state index is 12.0. The molecular formula is C18H23N3O. The van der Waals surface area contributed by atoms with Gasteiger partial charge in [-0.2, -0.15) is 0 Å². The average Bonchev–Trinajstić information content (AvgIpc) is 2.51. The predicted molar refractivity (Wildman–Crippen MR) is 89.7 cm³/mol. The van der Waals surface area contributed by atoms with Crippen LogP contribution in [0.25, 0.3) is 0 Å². The molecule has 22 heavy (non-hydrogen) atoms. The summed E-state index contributed by atoms with van der Waals surface area (Å²) in [5.41, 5.74) is 3.24. The fourth-order valence-electron chi connectivity index (χ4n) is 2.23. The second-order valence-corrected chi connectivity index (χ2v) is 6.29. The Hall–Kier alpha value is -2.36. The second-order valence-electron chi connectivity index (χ2n) is 6.29. The summed E-state index contributed by atoms with van der Waals surface area (Å²) in [4.78, 5) is 16.0. The van der Waals surface area contributed by atoms with E-state index in [2.05, 4.69) is 42.5 Å². The van der Waals surface area contributed by atoms with Crippen LogP contribution in [0.2, 0.25) is 0 Å². The molecule has 2 N–H and O–H groups in total. The fraction of sp³-hybridized carbons (Fsp3) is 0.333. The van der Waals surface area contributed by atoms with Crippen LogP contribution in [-0.2, 0) is 16.8 Å². The van der Waals surface area contributed by atoms with Gasteiger partial charge in [-0.1, -0.05) is 45.0 Å². The van der Waals surface area contributed by atoms with E-state index in [-0.39, 0.29) is 17.9 Å². The average molecular weight is 297 g/mol. The number of nitrogens with zero attached hydrogens (tertiary/aromatic N) is 1. The molecule has 0 fully saturated rings. The van der Waals surface area contributed by atoms with Crippen LogP contribution in [0.5, 0.6) is 0 Å². The van der Waals surface area contributed by atoms with Crippen LogP contribution in [0.15, 0.2) is 48.8 Å². The van der Waals surface area contributed by atoms with Crippen molar-refractivity contribution >= 4 is 11.6 Å². The molecule has 0 saturated heterocycles. The first-order valence-electron chi connectivity index (χ1n) is 7.46. The molecule has 4 nitrogen and oxygen atoms in total. The molecule has 1 aromatic carbocycles. The molecule has 1 aromatic heterocycles. The highest BCUT2D eigenvalue weighted by Gasteiger charge is 2.17. The summed E-state index contributed by atoms with van der Waals surface area (Å²) < 4.78 is 0. The lowest BCUT2D eigenvalue weighted by atomic mass is 9.86. The van der Waals surface area contributed by atoms with Crippen molar-refractivity contribution in [2.45, 2.75) is 32.7 Å². The van der Waals surface area contributed by atoms with E-state index in [9.17, 15) is 4.79 Å². The summed E-state index contributed by atoms with van der Waals surface area (Å²) in [5.74, 6) is -0.0347. The minimum absolute atomic E-state index is 0.0347. The third-order valence-electron chi connectivity index (χ3n) is 3.39. The van der Waals surface area contributed by atoms with E-state index in [1.165, 1.54) is 5.56 Å². The van der Waals surface area contributed by atoms with Crippen molar-refractivity contribution in [2.24, 2.45) is 0 Å². The van der Waals surface area contributed by atoms with Gasteiger partial charge in [0.2, 0.25) is 5.91 Å². The van der Waals surface area contributed by atoms with Crippen LogP contribution in [0.4, 0.5) is 5.69 Å². The molecule has 0 aliphatic heterocycles. The van der Waals surface area contributed by atoms with Gasteiger partial charge in [0.15, 0.2) is 0 Å². The number of pyridine rings is 1. The lowest BCUT2D eigenvalue weighted by Gasteiger charge is -2.23. The zero-order valence-electron chi connectivity index (χ0n) is 13.4. The van der Waals surface area contributed by atoms with Crippen LogP contribution in [0.1, 0.15) is 31.9 Å². The number of benzene rings is 1. The zero-order valence-corrected chi connectivity index (χ0v) is 13.4. The number of para-hydroxylation sites is 1. The Labute approximate surface area is 132 Å². The SMILES string of the molecule is CC(C)(C)c1ccccc1NCC(=O)NCc1cccnc1. The molecule has 4 heteroatoms. The van der Waals surface area contributed by atoms with Crippen molar-refractivity contribution in [3.63, 3.8) is 0 Å². The van der Waals surface area contributed by atoms with E-state index in [1.54, 1.807) is 12.4 Å². The Morgan fingerprint density at radius 2 is 1.91 bits per heavy atom. The smallest absolute Gasteiger partial charge is 0.239 e. The normalized spacial score (nSPS) is 11.0. The monoisotopic (exact) mass is 297 g/mol. The van der Waals surface area contributed by atoms with Crippen molar-refractivity contribution in [1.82, 2.24) is 10.3 Å². The summed E-state index contributed by atoms with van der Waals surface area (Å²) in [7, 11) is 0. The molecule has 1 heterocycles. The third-order valence-corrected chi connectivity index (χ3v) is 3.39. The lowest BCUT2D eigenvalue weighted by Crippen LogP contribution is -2.30. The Kier molecular flexibility index (Phi) is 5.15. The summed E-state index contributed by atoms with van der Waals surface area (Å²) in [5, 5.41) is 6.11. The van der Waals surface area contributed by atoms with Gasteiger partial charge in [-0.15, -0.1) is 0 Å². The molecule has 1 amide bonds. The molecule has 0 bridgehead atoms. The van der Waals surface area contributed by atoms with E-state index in [0.29, 0.717) is 6.54 Å². The summed E-state index contributed by atoms with van der Waals surface area (Å²) in [6.45, 7) is 7.24. The van der Waals surface area contributed by atoms with Crippen LogP contribution >= 0.6 is 0 Å². The number of aromatic nitrogens is 1. The van der Waals surface area contributed by atoms with E-state index in [4.69, 9.17) is 0 Å². The number of carbonyl (C=O) groups is 1. The van der Waals surface area contributed by atoms with Crippen molar-refractivity contribution in [3.8, 4) is 0 Å². The number of rotatable bonds is 5. The van der Waals surface area contributed by atoms with E-state index in [0.717, 1.165) is 11.3 Å². The number of hydrogen-bond donors (Lipinski definition) is 2. The molecule has 0 atom stereocenters. The van der Waals surface area contributed by atoms with Gasteiger partial charge in [0.1, 0.15) is 0 Å². The van der Waals surface area contributed by atoms with Crippen molar-refractivity contribution in [2.75, 3.05) is 11.9 Å². The Morgan fingerprint density at radius 3 is 2.59 bits per heavy atom. The topological polar surface area (TPSA) is 54.0 Å². The predicted octanol–water partition coefficient (Wildman–Crippen LogP) is 3.11. The third kappa shape index (κ3) is 4.58. The first-order valence-corrected chi connectivity index (χ1v) is 7.46. The first kappa shape index (κ1) is 16.0. The van der Waals surface area contributed by atoms with Gasteiger partial charge in [-0.05, 0) is 28.7 Å². The zero-order chi connectivity index (χ0) is 16.0. The number of carbonyl (C=O) groups excluding carboxylic acids is 1. The van der Waals surface area contributed by atoms with Crippen LogP contribution in [-0.4, -0.2) is 17.4 Å². The van der Waals surface area contributed by atoms with E-state index < -0.39 is 0 Å². The van der Waals surface area contributed by atoms with Crippen LogP contribution in [0, 0.1) is 0 Å². The molecule has 0 unspecified atom stereocenters. The van der Waals surface area contributed by atoms with Gasteiger partial charge in [0, 0.05) is 24.6 Å². The molecule has 0 radical (unpaired) electrons.